The minimum absolute atomic E-state index is 0.0978. The molecule has 0 aliphatic rings. The van der Waals surface area contributed by atoms with Crippen LogP contribution in [0.25, 0.3) is 0 Å². The maximum Gasteiger partial charge on any atom is 0.331 e. The number of hydrogen-bond donors (Lipinski definition) is 0. The smallest absolute Gasteiger partial charge is 0.331 e. The van der Waals surface area contributed by atoms with E-state index in [1.807, 2.05) is 0 Å². The Balaban J connectivity index is 3.42. The van der Waals surface area contributed by atoms with E-state index < -0.39 is 0 Å². The lowest BCUT2D eigenvalue weighted by atomic mass is 10.5. The summed E-state index contributed by atoms with van der Waals surface area (Å²) in [5.74, 6) is 4.96. The molecular formula is C11H14O3. The number of rotatable bonds is 5. The Morgan fingerprint density at radius 2 is 2.14 bits per heavy atom. The van der Waals surface area contributed by atoms with Crippen LogP contribution in [0.4, 0.5) is 0 Å². The van der Waals surface area contributed by atoms with Crippen molar-refractivity contribution < 1.29 is 14.3 Å². The van der Waals surface area contributed by atoms with Crippen molar-refractivity contribution in [3.05, 3.63) is 24.8 Å². The van der Waals surface area contributed by atoms with Gasteiger partial charge < -0.3 is 9.47 Å². The molecule has 0 unspecified atom stereocenters. The SMILES string of the molecule is C=CCOCC#CCOC(=O)/C=C/C. The van der Waals surface area contributed by atoms with Gasteiger partial charge in [-0.15, -0.1) is 6.58 Å². The molecule has 0 rings (SSSR count). The third kappa shape index (κ3) is 8.57. The molecular weight excluding hydrogens is 180 g/mol. The van der Waals surface area contributed by atoms with E-state index in [2.05, 4.69) is 18.4 Å². The van der Waals surface area contributed by atoms with Gasteiger partial charge >= 0.3 is 5.97 Å². The fourth-order valence-corrected chi connectivity index (χ4v) is 0.587. The first kappa shape index (κ1) is 12.5. The van der Waals surface area contributed by atoms with Crippen molar-refractivity contribution in [3.63, 3.8) is 0 Å². The summed E-state index contributed by atoms with van der Waals surface area (Å²) in [4.78, 5) is 10.8. The van der Waals surface area contributed by atoms with Crippen LogP contribution in [-0.4, -0.2) is 25.8 Å². The van der Waals surface area contributed by atoms with Gasteiger partial charge in [-0.2, -0.15) is 0 Å². The third-order valence-corrected chi connectivity index (χ3v) is 1.12. The lowest BCUT2D eigenvalue weighted by Gasteiger charge is -1.93. The molecule has 0 aliphatic heterocycles. The largest absolute Gasteiger partial charge is 0.449 e. The molecule has 0 spiro atoms. The van der Waals surface area contributed by atoms with Gasteiger partial charge in [0.1, 0.15) is 6.61 Å². The van der Waals surface area contributed by atoms with E-state index in [1.54, 1.807) is 19.1 Å². The van der Waals surface area contributed by atoms with Crippen LogP contribution in [0.2, 0.25) is 0 Å². The summed E-state index contributed by atoms with van der Waals surface area (Å²) < 4.78 is 9.71. The summed E-state index contributed by atoms with van der Waals surface area (Å²) in [5, 5.41) is 0. The van der Waals surface area contributed by atoms with Crippen LogP contribution < -0.4 is 0 Å². The minimum Gasteiger partial charge on any atom is -0.449 e. The average Bonchev–Trinajstić information content (AvgIpc) is 2.17. The fraction of sp³-hybridized carbons (Fsp3) is 0.364. The normalized spacial score (nSPS) is 9.21. The van der Waals surface area contributed by atoms with E-state index in [-0.39, 0.29) is 12.6 Å². The van der Waals surface area contributed by atoms with E-state index in [1.165, 1.54) is 6.08 Å². The summed E-state index contributed by atoms with van der Waals surface area (Å²) in [5.41, 5.74) is 0. The molecule has 0 heterocycles. The van der Waals surface area contributed by atoms with Crippen LogP contribution in [-0.2, 0) is 14.3 Å². The predicted molar refractivity (Wildman–Crippen MR) is 54.6 cm³/mol. The molecule has 0 radical (unpaired) electrons. The van der Waals surface area contributed by atoms with Gasteiger partial charge in [-0.25, -0.2) is 4.79 Å². The number of ether oxygens (including phenoxy) is 2. The van der Waals surface area contributed by atoms with Crippen molar-refractivity contribution in [1.82, 2.24) is 0 Å². The number of carbonyl (C=O) groups excluding carboxylic acids is 1. The number of hydrogen-bond acceptors (Lipinski definition) is 3. The molecule has 0 aromatic carbocycles. The molecule has 0 bridgehead atoms. The molecule has 0 atom stereocenters. The second-order valence-corrected chi connectivity index (χ2v) is 2.27. The zero-order valence-electron chi connectivity index (χ0n) is 8.29. The van der Waals surface area contributed by atoms with E-state index in [4.69, 9.17) is 9.47 Å². The van der Waals surface area contributed by atoms with Crippen molar-refractivity contribution in [2.45, 2.75) is 6.92 Å². The van der Waals surface area contributed by atoms with Gasteiger partial charge in [-0.3, -0.25) is 0 Å². The Morgan fingerprint density at radius 3 is 2.79 bits per heavy atom. The predicted octanol–water partition coefficient (Wildman–Crippen LogP) is 1.31. The van der Waals surface area contributed by atoms with E-state index >= 15 is 0 Å². The first-order valence-corrected chi connectivity index (χ1v) is 4.25. The van der Waals surface area contributed by atoms with Crippen LogP contribution >= 0.6 is 0 Å². The van der Waals surface area contributed by atoms with Gasteiger partial charge in [0.15, 0.2) is 6.61 Å². The molecule has 0 aromatic rings. The molecule has 3 nitrogen and oxygen atoms in total. The third-order valence-electron chi connectivity index (χ3n) is 1.12. The van der Waals surface area contributed by atoms with Crippen LogP contribution in [0, 0.1) is 11.8 Å². The van der Waals surface area contributed by atoms with E-state index in [0.29, 0.717) is 13.2 Å². The van der Waals surface area contributed by atoms with Crippen molar-refractivity contribution in [2.24, 2.45) is 0 Å². The molecule has 0 aromatic heterocycles. The van der Waals surface area contributed by atoms with Crippen LogP contribution in [0.15, 0.2) is 24.8 Å². The molecule has 76 valence electrons. The molecule has 0 fully saturated rings. The highest BCUT2D eigenvalue weighted by atomic mass is 16.5. The Morgan fingerprint density at radius 1 is 1.43 bits per heavy atom. The highest BCUT2D eigenvalue weighted by Gasteiger charge is 1.90. The maximum atomic E-state index is 10.8. The summed E-state index contributed by atoms with van der Waals surface area (Å²) in [7, 11) is 0. The standard InChI is InChI=1S/C11H14O3/c1-3-7-11(12)14-10-6-5-9-13-8-4-2/h3-4,7H,2,8-10H2,1H3/b7-3+. The minimum atomic E-state index is -0.381. The second kappa shape index (κ2) is 9.56. The molecule has 14 heavy (non-hydrogen) atoms. The lowest BCUT2D eigenvalue weighted by molar-refractivity contribution is -0.136. The quantitative estimate of drug-likeness (QED) is 0.218. The molecule has 3 heteroatoms. The Kier molecular flexibility index (Phi) is 8.51. The van der Waals surface area contributed by atoms with E-state index in [0.717, 1.165) is 0 Å². The van der Waals surface area contributed by atoms with Crippen LogP contribution in [0.3, 0.4) is 0 Å². The number of carbonyl (C=O) groups is 1. The zero-order valence-corrected chi connectivity index (χ0v) is 8.29. The number of esters is 1. The highest BCUT2D eigenvalue weighted by molar-refractivity contribution is 5.81. The van der Waals surface area contributed by atoms with Crippen LogP contribution in [0.1, 0.15) is 6.92 Å². The average molecular weight is 194 g/mol. The summed E-state index contributed by atoms with van der Waals surface area (Å²) in [6.07, 6.45) is 4.60. The van der Waals surface area contributed by atoms with Gasteiger partial charge in [-0.1, -0.05) is 24.0 Å². The maximum absolute atomic E-state index is 10.8. The zero-order chi connectivity index (χ0) is 10.6. The molecule has 0 saturated heterocycles. The fourth-order valence-electron chi connectivity index (χ4n) is 0.587. The van der Waals surface area contributed by atoms with Gasteiger partial charge in [0.05, 0.1) is 6.61 Å². The Hall–Kier alpha value is -1.53. The first-order chi connectivity index (χ1) is 6.81. The second-order valence-electron chi connectivity index (χ2n) is 2.27. The molecule has 0 aliphatic carbocycles. The lowest BCUT2D eigenvalue weighted by Crippen LogP contribution is -2.00. The number of allylic oxidation sites excluding steroid dienone is 1. The van der Waals surface area contributed by atoms with E-state index in [9.17, 15) is 4.79 Å². The van der Waals surface area contributed by atoms with Crippen molar-refractivity contribution in [2.75, 3.05) is 19.8 Å². The monoisotopic (exact) mass is 194 g/mol. The first-order valence-electron chi connectivity index (χ1n) is 4.25. The van der Waals surface area contributed by atoms with Crippen molar-refractivity contribution in [3.8, 4) is 11.8 Å². The van der Waals surface area contributed by atoms with Crippen LogP contribution in [0.5, 0.6) is 0 Å². The Labute approximate surface area is 84.4 Å². The van der Waals surface area contributed by atoms with Crippen molar-refractivity contribution >= 4 is 5.97 Å². The summed E-state index contributed by atoms with van der Waals surface area (Å²) >= 11 is 0. The molecule has 0 N–H and O–H groups in total. The van der Waals surface area contributed by atoms with Gasteiger partial charge in [0.25, 0.3) is 0 Å². The Bertz CT molecular complexity index is 255. The molecule has 0 amide bonds. The van der Waals surface area contributed by atoms with Gasteiger partial charge in [0, 0.05) is 6.08 Å². The molecule has 0 saturated carbocycles. The summed E-state index contributed by atoms with van der Waals surface area (Å²) in [6, 6.07) is 0. The van der Waals surface area contributed by atoms with Gasteiger partial charge in [-0.05, 0) is 6.92 Å². The topological polar surface area (TPSA) is 35.5 Å². The highest BCUT2D eigenvalue weighted by Crippen LogP contribution is 1.80. The summed E-state index contributed by atoms with van der Waals surface area (Å²) in [6.45, 7) is 6.14. The van der Waals surface area contributed by atoms with Gasteiger partial charge in [0.2, 0.25) is 0 Å². The van der Waals surface area contributed by atoms with Crippen molar-refractivity contribution in [1.29, 1.82) is 0 Å².